The van der Waals surface area contributed by atoms with Crippen LogP contribution in [0.15, 0.2) is 24.3 Å². The number of benzene rings is 1. The third kappa shape index (κ3) is 2.27. The van der Waals surface area contributed by atoms with Gasteiger partial charge in [0.1, 0.15) is 5.75 Å². The number of hydrogen-bond donors (Lipinski definition) is 3. The molecule has 0 atom stereocenters. The van der Waals surface area contributed by atoms with Crippen molar-refractivity contribution in [1.82, 2.24) is 5.32 Å². The van der Waals surface area contributed by atoms with Gasteiger partial charge in [0.2, 0.25) is 0 Å². The van der Waals surface area contributed by atoms with Crippen molar-refractivity contribution >= 4 is 5.91 Å². The zero-order valence-electron chi connectivity index (χ0n) is 8.31. The van der Waals surface area contributed by atoms with Crippen LogP contribution in [-0.2, 0) is 0 Å². The molecule has 1 aliphatic rings. The Morgan fingerprint density at radius 2 is 2.20 bits per heavy atom. The third-order valence-electron chi connectivity index (χ3n) is 2.62. The molecule has 0 bridgehead atoms. The van der Waals surface area contributed by atoms with Crippen molar-refractivity contribution in [2.75, 3.05) is 0 Å². The summed E-state index contributed by atoms with van der Waals surface area (Å²) < 4.78 is 0. The molecular formula is C11H14N2O2. The molecule has 0 heterocycles. The van der Waals surface area contributed by atoms with E-state index < -0.39 is 0 Å². The molecule has 0 aromatic heterocycles. The summed E-state index contributed by atoms with van der Waals surface area (Å²) in [4.78, 5) is 11.6. The summed E-state index contributed by atoms with van der Waals surface area (Å²) >= 11 is 0. The van der Waals surface area contributed by atoms with Gasteiger partial charge in [0, 0.05) is 17.6 Å². The highest BCUT2D eigenvalue weighted by Crippen LogP contribution is 2.18. The van der Waals surface area contributed by atoms with Crippen molar-refractivity contribution in [3.8, 4) is 5.75 Å². The molecule has 0 aliphatic heterocycles. The Morgan fingerprint density at radius 3 is 2.80 bits per heavy atom. The number of carbonyl (C=O) groups is 1. The van der Waals surface area contributed by atoms with Crippen molar-refractivity contribution in [3.63, 3.8) is 0 Å². The summed E-state index contributed by atoms with van der Waals surface area (Å²) in [7, 11) is 0. The minimum absolute atomic E-state index is 0.105. The van der Waals surface area contributed by atoms with Crippen LogP contribution >= 0.6 is 0 Å². The Labute approximate surface area is 88.1 Å². The largest absolute Gasteiger partial charge is 0.508 e. The summed E-state index contributed by atoms with van der Waals surface area (Å²) in [5.74, 6) is -0.0456. The minimum Gasteiger partial charge on any atom is -0.508 e. The summed E-state index contributed by atoms with van der Waals surface area (Å²) in [6.07, 6.45) is 1.68. The molecule has 1 aromatic carbocycles. The van der Waals surface area contributed by atoms with Crippen LogP contribution in [0.25, 0.3) is 0 Å². The molecule has 1 amide bonds. The fourth-order valence-corrected chi connectivity index (χ4v) is 1.70. The fourth-order valence-electron chi connectivity index (χ4n) is 1.70. The van der Waals surface area contributed by atoms with Gasteiger partial charge in [-0.2, -0.15) is 0 Å². The number of carbonyl (C=O) groups excluding carboxylic acids is 1. The van der Waals surface area contributed by atoms with E-state index in [2.05, 4.69) is 5.32 Å². The molecule has 1 fully saturated rings. The van der Waals surface area contributed by atoms with Crippen LogP contribution in [0.1, 0.15) is 23.2 Å². The van der Waals surface area contributed by atoms with Gasteiger partial charge < -0.3 is 16.2 Å². The number of phenolic OH excluding ortho intramolecular Hbond substituents is 1. The first-order valence-corrected chi connectivity index (χ1v) is 5.00. The second-order valence-electron chi connectivity index (χ2n) is 3.95. The number of rotatable bonds is 2. The van der Waals surface area contributed by atoms with E-state index in [0.717, 1.165) is 12.8 Å². The fraction of sp³-hybridized carbons (Fsp3) is 0.364. The number of amides is 1. The zero-order valence-corrected chi connectivity index (χ0v) is 8.31. The van der Waals surface area contributed by atoms with Crippen molar-refractivity contribution in [1.29, 1.82) is 0 Å². The summed E-state index contributed by atoms with van der Waals surface area (Å²) in [5.41, 5.74) is 6.10. The van der Waals surface area contributed by atoms with Crippen molar-refractivity contribution in [3.05, 3.63) is 29.8 Å². The number of nitrogens with two attached hydrogens (primary N) is 1. The van der Waals surface area contributed by atoms with Gasteiger partial charge in [-0.1, -0.05) is 6.07 Å². The van der Waals surface area contributed by atoms with E-state index in [1.54, 1.807) is 12.1 Å². The molecule has 1 aliphatic carbocycles. The maximum Gasteiger partial charge on any atom is 0.251 e. The molecule has 4 heteroatoms. The van der Waals surface area contributed by atoms with Gasteiger partial charge in [-0.15, -0.1) is 0 Å². The minimum atomic E-state index is -0.150. The molecule has 0 spiro atoms. The summed E-state index contributed by atoms with van der Waals surface area (Å²) in [6.45, 7) is 0. The average molecular weight is 206 g/mol. The van der Waals surface area contributed by atoms with Gasteiger partial charge in [0.05, 0.1) is 0 Å². The molecule has 4 nitrogen and oxygen atoms in total. The Bertz CT molecular complexity index is 373. The SMILES string of the molecule is NC1CC(NC(=O)c2cccc(O)c2)C1. The third-order valence-corrected chi connectivity index (χ3v) is 2.62. The van der Waals surface area contributed by atoms with Crippen LogP contribution in [0.3, 0.4) is 0 Å². The number of aromatic hydroxyl groups is 1. The van der Waals surface area contributed by atoms with Crippen molar-refractivity contribution < 1.29 is 9.90 Å². The van der Waals surface area contributed by atoms with Gasteiger partial charge in [0.25, 0.3) is 5.91 Å². The Morgan fingerprint density at radius 1 is 1.47 bits per heavy atom. The van der Waals surface area contributed by atoms with Crippen LogP contribution in [0, 0.1) is 0 Å². The van der Waals surface area contributed by atoms with Crippen LogP contribution in [0.2, 0.25) is 0 Å². The predicted octanol–water partition coefficient (Wildman–Crippen LogP) is 0.612. The molecule has 4 N–H and O–H groups in total. The smallest absolute Gasteiger partial charge is 0.251 e. The van der Waals surface area contributed by atoms with Crippen molar-refractivity contribution in [2.45, 2.75) is 24.9 Å². The quantitative estimate of drug-likeness (QED) is 0.663. The van der Waals surface area contributed by atoms with Crippen LogP contribution in [0.5, 0.6) is 5.75 Å². The van der Waals surface area contributed by atoms with Gasteiger partial charge in [-0.3, -0.25) is 4.79 Å². The van der Waals surface area contributed by atoms with Gasteiger partial charge >= 0.3 is 0 Å². The molecule has 1 aromatic rings. The summed E-state index contributed by atoms with van der Waals surface area (Å²) in [5, 5.41) is 12.1. The molecule has 0 unspecified atom stereocenters. The molecule has 15 heavy (non-hydrogen) atoms. The van der Waals surface area contributed by atoms with E-state index in [1.807, 2.05) is 0 Å². The summed E-state index contributed by atoms with van der Waals surface area (Å²) in [6, 6.07) is 6.73. The molecule has 2 rings (SSSR count). The van der Waals surface area contributed by atoms with E-state index >= 15 is 0 Å². The Balaban J connectivity index is 1.96. The first-order chi connectivity index (χ1) is 7.15. The number of nitrogens with one attached hydrogen (secondary N) is 1. The highest BCUT2D eigenvalue weighted by molar-refractivity contribution is 5.94. The highest BCUT2D eigenvalue weighted by atomic mass is 16.3. The monoisotopic (exact) mass is 206 g/mol. The van der Waals surface area contributed by atoms with Gasteiger partial charge in [-0.25, -0.2) is 0 Å². The zero-order chi connectivity index (χ0) is 10.8. The van der Waals surface area contributed by atoms with E-state index in [9.17, 15) is 9.90 Å². The lowest BCUT2D eigenvalue weighted by Gasteiger charge is -2.32. The average Bonchev–Trinajstić information content (AvgIpc) is 2.15. The normalized spacial score (nSPS) is 24.3. The lowest BCUT2D eigenvalue weighted by molar-refractivity contribution is 0.0910. The standard InChI is InChI=1S/C11H14N2O2/c12-8-5-9(6-8)13-11(15)7-2-1-3-10(14)4-7/h1-4,8-9,14H,5-6,12H2,(H,13,15). The van der Waals surface area contributed by atoms with E-state index in [1.165, 1.54) is 12.1 Å². The van der Waals surface area contributed by atoms with E-state index in [0.29, 0.717) is 5.56 Å². The highest BCUT2D eigenvalue weighted by Gasteiger charge is 2.27. The number of hydrogen-bond acceptors (Lipinski definition) is 3. The maximum absolute atomic E-state index is 11.6. The molecule has 0 saturated heterocycles. The van der Waals surface area contributed by atoms with Gasteiger partial charge in [0.15, 0.2) is 0 Å². The second-order valence-corrected chi connectivity index (χ2v) is 3.95. The van der Waals surface area contributed by atoms with Crippen LogP contribution in [-0.4, -0.2) is 23.1 Å². The number of phenols is 1. The Hall–Kier alpha value is -1.55. The lowest BCUT2D eigenvalue weighted by Crippen LogP contribution is -2.50. The molecule has 0 radical (unpaired) electrons. The topological polar surface area (TPSA) is 75.3 Å². The van der Waals surface area contributed by atoms with Crippen molar-refractivity contribution in [2.24, 2.45) is 5.73 Å². The Kier molecular flexibility index (Phi) is 2.60. The van der Waals surface area contributed by atoms with Crippen LogP contribution in [0.4, 0.5) is 0 Å². The molecular weight excluding hydrogens is 192 g/mol. The van der Waals surface area contributed by atoms with E-state index in [4.69, 9.17) is 5.73 Å². The second kappa shape index (κ2) is 3.90. The predicted molar refractivity (Wildman–Crippen MR) is 56.6 cm³/mol. The van der Waals surface area contributed by atoms with E-state index in [-0.39, 0.29) is 23.7 Å². The first kappa shape index (κ1) is 9.98. The maximum atomic E-state index is 11.6. The van der Waals surface area contributed by atoms with Crippen LogP contribution < -0.4 is 11.1 Å². The van der Waals surface area contributed by atoms with Gasteiger partial charge in [-0.05, 0) is 31.0 Å². The first-order valence-electron chi connectivity index (χ1n) is 5.00. The molecule has 1 saturated carbocycles. The molecule has 80 valence electrons. The lowest BCUT2D eigenvalue weighted by atomic mass is 9.87.